The average Bonchev–Trinajstić information content (AvgIpc) is 2.73. The van der Waals surface area contributed by atoms with Crippen LogP contribution in [0.5, 0.6) is 0 Å². The number of nitrogens with zero attached hydrogens (tertiary/aromatic N) is 2. The Morgan fingerprint density at radius 3 is 2.50 bits per heavy atom. The monoisotopic (exact) mass is 384 g/mol. The summed E-state index contributed by atoms with van der Waals surface area (Å²) in [6, 6.07) is 15.9. The van der Waals surface area contributed by atoms with Crippen molar-refractivity contribution < 1.29 is 14.3 Å². The summed E-state index contributed by atoms with van der Waals surface area (Å²) in [6.45, 7) is 3.90. The van der Waals surface area contributed by atoms with E-state index in [1.807, 2.05) is 43.3 Å². The number of amides is 1. The molecule has 5 heteroatoms. The predicted molar refractivity (Wildman–Crippen MR) is 108 cm³/mol. The van der Waals surface area contributed by atoms with Crippen LogP contribution in [-0.4, -0.2) is 47.0 Å². The van der Waals surface area contributed by atoms with Gasteiger partial charge in [-0.1, -0.05) is 42.5 Å². The topological polar surface area (TPSA) is 43.8 Å². The molecule has 4 nitrogen and oxygen atoms in total. The number of piperidine rings is 1. The van der Waals surface area contributed by atoms with Crippen LogP contribution in [0.1, 0.15) is 37.0 Å². The molecule has 0 saturated carbocycles. The van der Waals surface area contributed by atoms with Crippen LogP contribution in [0.2, 0.25) is 0 Å². The van der Waals surface area contributed by atoms with Gasteiger partial charge >= 0.3 is 0 Å². The molecule has 28 heavy (non-hydrogen) atoms. The van der Waals surface area contributed by atoms with Crippen molar-refractivity contribution in [2.45, 2.75) is 38.5 Å². The minimum atomic E-state index is -0.454. The number of carbonyl (C=O) groups is 1. The summed E-state index contributed by atoms with van der Waals surface area (Å²) in [4.78, 5) is 16.6. The van der Waals surface area contributed by atoms with Gasteiger partial charge in [0.2, 0.25) is 5.91 Å². The number of aliphatic hydroxyl groups is 1. The molecule has 2 aromatic carbocycles. The molecule has 1 heterocycles. The second-order valence-corrected chi connectivity index (χ2v) is 7.73. The van der Waals surface area contributed by atoms with E-state index in [1.165, 1.54) is 12.1 Å². The van der Waals surface area contributed by atoms with Crippen LogP contribution in [0.3, 0.4) is 0 Å². The lowest BCUT2D eigenvalue weighted by Gasteiger charge is -2.38. The normalized spacial score (nSPS) is 17.9. The van der Waals surface area contributed by atoms with Crippen molar-refractivity contribution in [1.29, 1.82) is 0 Å². The highest BCUT2D eigenvalue weighted by Gasteiger charge is 2.31. The first-order valence-electron chi connectivity index (χ1n) is 9.92. The van der Waals surface area contributed by atoms with Crippen molar-refractivity contribution in [2.24, 2.45) is 5.92 Å². The molecule has 1 fully saturated rings. The summed E-state index contributed by atoms with van der Waals surface area (Å²) in [5, 5.41) is 10.6. The van der Waals surface area contributed by atoms with Gasteiger partial charge in [0.15, 0.2) is 0 Å². The fourth-order valence-corrected chi connectivity index (χ4v) is 4.01. The Balaban J connectivity index is 1.52. The van der Waals surface area contributed by atoms with E-state index in [-0.39, 0.29) is 23.7 Å². The third-order valence-electron chi connectivity index (χ3n) is 5.75. The van der Waals surface area contributed by atoms with Crippen LogP contribution in [0.25, 0.3) is 0 Å². The number of rotatable bonds is 6. The predicted octanol–water partition coefficient (Wildman–Crippen LogP) is 3.62. The zero-order valence-electron chi connectivity index (χ0n) is 16.6. The highest BCUT2D eigenvalue weighted by atomic mass is 19.1. The molecule has 0 aliphatic carbocycles. The van der Waals surface area contributed by atoms with E-state index in [1.54, 1.807) is 18.0 Å². The lowest BCUT2D eigenvalue weighted by Crippen LogP contribution is -2.49. The summed E-state index contributed by atoms with van der Waals surface area (Å²) in [5.41, 5.74) is 1.74. The molecule has 0 radical (unpaired) electrons. The van der Waals surface area contributed by atoms with Gasteiger partial charge in [0.25, 0.3) is 0 Å². The number of aliphatic hydroxyl groups excluding tert-OH is 1. The molecule has 2 unspecified atom stereocenters. The zero-order chi connectivity index (χ0) is 20.1. The molecular formula is C23H29FN2O2. The minimum absolute atomic E-state index is 0.0336. The van der Waals surface area contributed by atoms with Gasteiger partial charge in [-0.2, -0.15) is 0 Å². The zero-order valence-corrected chi connectivity index (χ0v) is 16.6. The molecule has 1 aliphatic heterocycles. The van der Waals surface area contributed by atoms with Gasteiger partial charge in [-0.25, -0.2) is 4.39 Å². The number of halogens is 1. The first-order valence-corrected chi connectivity index (χ1v) is 9.92. The maximum Gasteiger partial charge on any atom is 0.239 e. The van der Waals surface area contributed by atoms with Gasteiger partial charge in [-0.05, 0) is 62.0 Å². The molecule has 0 bridgehead atoms. The van der Waals surface area contributed by atoms with Crippen molar-refractivity contribution in [3.63, 3.8) is 0 Å². The van der Waals surface area contributed by atoms with Crippen LogP contribution in [0.4, 0.5) is 4.39 Å². The lowest BCUT2D eigenvalue weighted by molar-refractivity contribution is -0.136. The number of hydrogen-bond acceptors (Lipinski definition) is 3. The molecule has 2 aromatic rings. The Bertz CT molecular complexity index is 775. The van der Waals surface area contributed by atoms with Crippen molar-refractivity contribution in [2.75, 3.05) is 20.1 Å². The van der Waals surface area contributed by atoms with Gasteiger partial charge in [-0.3, -0.25) is 9.69 Å². The van der Waals surface area contributed by atoms with Crippen molar-refractivity contribution in [1.82, 2.24) is 9.80 Å². The molecule has 0 spiro atoms. The summed E-state index contributed by atoms with van der Waals surface area (Å²) >= 11 is 0. The molecule has 1 N–H and O–H groups in total. The summed E-state index contributed by atoms with van der Waals surface area (Å²) in [6.07, 6.45) is 1.27. The van der Waals surface area contributed by atoms with E-state index < -0.39 is 6.10 Å². The highest BCUT2D eigenvalue weighted by Crippen LogP contribution is 2.31. The first-order chi connectivity index (χ1) is 13.5. The Kier molecular flexibility index (Phi) is 6.81. The van der Waals surface area contributed by atoms with Crippen molar-refractivity contribution >= 4 is 5.91 Å². The minimum Gasteiger partial charge on any atom is -0.388 e. The highest BCUT2D eigenvalue weighted by molar-refractivity contribution is 5.81. The molecule has 1 amide bonds. The Morgan fingerprint density at radius 1 is 1.18 bits per heavy atom. The van der Waals surface area contributed by atoms with Gasteiger partial charge in [0.1, 0.15) is 5.82 Å². The molecule has 0 aromatic heterocycles. The number of likely N-dealkylation sites (N-methyl/N-ethyl adjacent to an activating group) is 1. The maximum atomic E-state index is 13.4. The Labute approximate surface area is 166 Å². The Morgan fingerprint density at radius 2 is 1.86 bits per heavy atom. The average molecular weight is 384 g/mol. The maximum absolute atomic E-state index is 13.4. The van der Waals surface area contributed by atoms with Crippen molar-refractivity contribution in [3.05, 3.63) is 71.5 Å². The third kappa shape index (κ3) is 4.97. The van der Waals surface area contributed by atoms with Crippen LogP contribution in [-0.2, 0) is 11.3 Å². The molecule has 150 valence electrons. The summed E-state index contributed by atoms with van der Waals surface area (Å²) in [5.74, 6) is -0.0391. The lowest BCUT2D eigenvalue weighted by atomic mass is 9.87. The molecule has 1 saturated heterocycles. The second-order valence-electron chi connectivity index (χ2n) is 7.73. The summed E-state index contributed by atoms with van der Waals surface area (Å²) in [7, 11) is 1.76. The van der Waals surface area contributed by atoms with Gasteiger partial charge in [-0.15, -0.1) is 0 Å². The fraction of sp³-hybridized carbons (Fsp3) is 0.435. The van der Waals surface area contributed by atoms with Crippen LogP contribution < -0.4 is 0 Å². The van der Waals surface area contributed by atoms with Gasteiger partial charge < -0.3 is 10.0 Å². The van der Waals surface area contributed by atoms with E-state index in [0.29, 0.717) is 6.54 Å². The molecule has 3 rings (SSSR count). The van der Waals surface area contributed by atoms with E-state index in [9.17, 15) is 14.3 Å². The fourth-order valence-electron chi connectivity index (χ4n) is 4.01. The largest absolute Gasteiger partial charge is 0.388 e. The van der Waals surface area contributed by atoms with Gasteiger partial charge in [0.05, 0.1) is 12.1 Å². The van der Waals surface area contributed by atoms with E-state index in [2.05, 4.69) is 4.90 Å². The summed E-state index contributed by atoms with van der Waals surface area (Å²) < 4.78 is 13.4. The second kappa shape index (κ2) is 9.30. The number of benzene rings is 2. The van der Waals surface area contributed by atoms with Crippen molar-refractivity contribution in [3.8, 4) is 0 Å². The smallest absolute Gasteiger partial charge is 0.239 e. The van der Waals surface area contributed by atoms with E-state index in [4.69, 9.17) is 0 Å². The quantitative estimate of drug-likeness (QED) is 0.827. The standard InChI is InChI=1S/C23H29FN2O2/c1-17(23(28)25(2)16-18-7-6-10-21(24)15-18)26-13-11-20(12-14-26)22(27)19-8-4-3-5-9-19/h3-10,15,17,20,22,27H,11-14,16H2,1-2H3. The first kappa shape index (κ1) is 20.5. The molecular weight excluding hydrogens is 355 g/mol. The van der Waals surface area contributed by atoms with Crippen LogP contribution >= 0.6 is 0 Å². The molecule has 2 atom stereocenters. The SMILES string of the molecule is CC(C(=O)N(C)Cc1cccc(F)c1)N1CCC(C(O)c2ccccc2)CC1. The molecule has 1 aliphatic rings. The van der Waals surface area contributed by atoms with Gasteiger partial charge in [0, 0.05) is 13.6 Å². The van der Waals surface area contributed by atoms with E-state index in [0.717, 1.165) is 37.1 Å². The van der Waals surface area contributed by atoms with Crippen LogP contribution in [0, 0.1) is 11.7 Å². The number of hydrogen-bond donors (Lipinski definition) is 1. The number of likely N-dealkylation sites (tertiary alicyclic amines) is 1. The van der Waals surface area contributed by atoms with E-state index >= 15 is 0 Å². The van der Waals surface area contributed by atoms with Crippen LogP contribution in [0.15, 0.2) is 54.6 Å². The third-order valence-corrected chi connectivity index (χ3v) is 5.75. The number of carbonyl (C=O) groups excluding carboxylic acids is 1. The Hall–Kier alpha value is -2.24.